The van der Waals surface area contributed by atoms with Crippen molar-refractivity contribution in [3.8, 4) is 17.2 Å². The minimum Gasteiger partial charge on any atom is -0.490 e. The second kappa shape index (κ2) is 12.1. The highest BCUT2D eigenvalue weighted by molar-refractivity contribution is 5.93. The number of aliphatic hydroxyl groups excluding tert-OH is 1. The summed E-state index contributed by atoms with van der Waals surface area (Å²) in [6.07, 6.45) is 4.96. The summed E-state index contributed by atoms with van der Waals surface area (Å²) in [7, 11) is 0. The fourth-order valence-electron chi connectivity index (χ4n) is 3.40. The summed E-state index contributed by atoms with van der Waals surface area (Å²) in [5.74, 6) is 2.41. The maximum Gasteiger partial charge on any atom is 0.127 e. The average Bonchev–Trinajstić information content (AvgIpc) is 2.79. The van der Waals surface area contributed by atoms with E-state index in [1.54, 1.807) is 0 Å². The Morgan fingerprint density at radius 3 is 2.03 bits per heavy atom. The largest absolute Gasteiger partial charge is 0.490 e. The van der Waals surface area contributed by atoms with E-state index in [9.17, 15) is 5.11 Å². The molecule has 160 valence electrons. The number of hydrogen-bond donors (Lipinski definition) is 1. The fraction of sp³-hybridized carbons (Fsp3) is 0.385. The van der Waals surface area contributed by atoms with Gasteiger partial charge >= 0.3 is 0 Å². The van der Waals surface area contributed by atoms with Gasteiger partial charge < -0.3 is 19.3 Å². The van der Waals surface area contributed by atoms with Crippen LogP contribution in [0.5, 0.6) is 17.2 Å². The third-order valence-electron chi connectivity index (χ3n) is 5.02. The molecule has 1 unspecified atom stereocenters. The van der Waals surface area contributed by atoms with Crippen molar-refractivity contribution in [2.24, 2.45) is 0 Å². The lowest BCUT2D eigenvalue weighted by Crippen LogP contribution is -2.17. The van der Waals surface area contributed by atoms with E-state index < -0.39 is 6.10 Å². The quantitative estimate of drug-likeness (QED) is 0.352. The van der Waals surface area contributed by atoms with E-state index in [0.29, 0.717) is 19.8 Å². The summed E-state index contributed by atoms with van der Waals surface area (Å²) in [5, 5.41) is 12.2. The Balaban J connectivity index is 1.55. The summed E-state index contributed by atoms with van der Waals surface area (Å²) >= 11 is 0. The molecule has 0 saturated heterocycles. The molecule has 3 aromatic carbocycles. The van der Waals surface area contributed by atoms with Crippen LogP contribution in [0.15, 0.2) is 66.7 Å². The van der Waals surface area contributed by atoms with Crippen LogP contribution in [0.2, 0.25) is 0 Å². The number of benzene rings is 3. The van der Waals surface area contributed by atoms with Crippen molar-refractivity contribution in [2.75, 3.05) is 19.8 Å². The van der Waals surface area contributed by atoms with Crippen LogP contribution in [0.1, 0.15) is 39.0 Å². The van der Waals surface area contributed by atoms with Crippen molar-refractivity contribution < 1.29 is 19.3 Å². The van der Waals surface area contributed by atoms with Gasteiger partial charge in [-0.3, -0.25) is 0 Å². The molecule has 0 radical (unpaired) electrons. The SMILES string of the molecule is CCCCCCC(O)COc1ccc(OCCOc2ccccc2)c2ccccc12. The predicted octanol–water partition coefficient (Wildman–Crippen LogP) is 6.01. The molecule has 4 nitrogen and oxygen atoms in total. The van der Waals surface area contributed by atoms with Gasteiger partial charge in [0.25, 0.3) is 0 Å². The van der Waals surface area contributed by atoms with Gasteiger partial charge in [0, 0.05) is 10.8 Å². The molecule has 3 aromatic rings. The van der Waals surface area contributed by atoms with E-state index in [-0.39, 0.29) is 0 Å². The first-order valence-electron chi connectivity index (χ1n) is 10.9. The maximum atomic E-state index is 10.2. The highest BCUT2D eigenvalue weighted by Crippen LogP contribution is 2.33. The van der Waals surface area contributed by atoms with E-state index in [1.807, 2.05) is 66.7 Å². The topological polar surface area (TPSA) is 47.9 Å². The van der Waals surface area contributed by atoms with Crippen LogP contribution in [0, 0.1) is 0 Å². The molecule has 0 heterocycles. The summed E-state index contributed by atoms with van der Waals surface area (Å²) < 4.78 is 17.6. The van der Waals surface area contributed by atoms with Crippen LogP contribution in [0.3, 0.4) is 0 Å². The first-order chi connectivity index (χ1) is 14.8. The van der Waals surface area contributed by atoms with E-state index in [2.05, 4.69) is 6.92 Å². The van der Waals surface area contributed by atoms with E-state index in [0.717, 1.165) is 47.3 Å². The molecule has 0 spiro atoms. The first-order valence-corrected chi connectivity index (χ1v) is 10.9. The first kappa shape index (κ1) is 22.0. The second-order valence-corrected chi connectivity index (χ2v) is 7.43. The molecule has 4 heteroatoms. The zero-order chi connectivity index (χ0) is 21.0. The van der Waals surface area contributed by atoms with Gasteiger partial charge in [-0.25, -0.2) is 0 Å². The fourth-order valence-corrected chi connectivity index (χ4v) is 3.40. The number of para-hydroxylation sites is 1. The Hall–Kier alpha value is -2.72. The lowest BCUT2D eigenvalue weighted by Gasteiger charge is -2.16. The predicted molar refractivity (Wildman–Crippen MR) is 122 cm³/mol. The summed E-state index contributed by atoms with van der Waals surface area (Å²) in [5.41, 5.74) is 0. The standard InChI is InChI=1S/C26H32O4/c1-2-3-4-6-11-21(27)20-30-26-17-16-25(23-14-9-10-15-24(23)26)29-19-18-28-22-12-7-5-8-13-22/h5,7-10,12-17,21,27H,2-4,6,11,18-20H2,1H3. The Morgan fingerprint density at radius 2 is 1.33 bits per heavy atom. The van der Waals surface area contributed by atoms with Gasteiger partial charge in [0.15, 0.2) is 0 Å². The minimum absolute atomic E-state index is 0.307. The maximum absolute atomic E-state index is 10.2. The van der Waals surface area contributed by atoms with Gasteiger partial charge in [0.1, 0.15) is 37.1 Å². The van der Waals surface area contributed by atoms with Crippen molar-refractivity contribution in [2.45, 2.75) is 45.1 Å². The Labute approximate surface area is 179 Å². The molecule has 0 aliphatic rings. The zero-order valence-electron chi connectivity index (χ0n) is 17.8. The molecule has 30 heavy (non-hydrogen) atoms. The van der Waals surface area contributed by atoms with Gasteiger partial charge in [0.2, 0.25) is 0 Å². The monoisotopic (exact) mass is 408 g/mol. The van der Waals surface area contributed by atoms with Crippen molar-refractivity contribution >= 4 is 10.8 Å². The highest BCUT2D eigenvalue weighted by atomic mass is 16.5. The molecule has 3 rings (SSSR count). The zero-order valence-corrected chi connectivity index (χ0v) is 17.8. The van der Waals surface area contributed by atoms with Crippen LogP contribution in [-0.4, -0.2) is 31.0 Å². The van der Waals surface area contributed by atoms with E-state index in [4.69, 9.17) is 14.2 Å². The molecular weight excluding hydrogens is 376 g/mol. The van der Waals surface area contributed by atoms with Crippen LogP contribution < -0.4 is 14.2 Å². The molecule has 0 aromatic heterocycles. The highest BCUT2D eigenvalue weighted by Gasteiger charge is 2.10. The summed E-state index contributed by atoms with van der Waals surface area (Å²) in [6, 6.07) is 21.6. The van der Waals surface area contributed by atoms with Gasteiger partial charge in [-0.15, -0.1) is 0 Å². The van der Waals surface area contributed by atoms with E-state index >= 15 is 0 Å². The number of fused-ring (bicyclic) bond motifs is 1. The Kier molecular flexibility index (Phi) is 8.85. The van der Waals surface area contributed by atoms with E-state index in [1.165, 1.54) is 12.8 Å². The molecule has 0 saturated carbocycles. The van der Waals surface area contributed by atoms with Gasteiger partial charge in [-0.2, -0.15) is 0 Å². The lowest BCUT2D eigenvalue weighted by atomic mass is 10.1. The van der Waals surface area contributed by atoms with Gasteiger partial charge in [0.05, 0.1) is 6.10 Å². The lowest BCUT2D eigenvalue weighted by molar-refractivity contribution is 0.0982. The number of hydrogen-bond acceptors (Lipinski definition) is 4. The molecular formula is C26H32O4. The third-order valence-corrected chi connectivity index (χ3v) is 5.02. The third kappa shape index (κ3) is 6.67. The molecule has 0 bridgehead atoms. The average molecular weight is 409 g/mol. The van der Waals surface area contributed by atoms with Gasteiger partial charge in [-0.05, 0) is 30.7 Å². The van der Waals surface area contributed by atoms with Crippen molar-refractivity contribution in [1.82, 2.24) is 0 Å². The van der Waals surface area contributed by atoms with Crippen LogP contribution >= 0.6 is 0 Å². The molecule has 0 aliphatic carbocycles. The molecule has 0 fully saturated rings. The van der Waals surface area contributed by atoms with Gasteiger partial charge in [-0.1, -0.05) is 75.1 Å². The number of unbranched alkanes of at least 4 members (excludes halogenated alkanes) is 3. The summed E-state index contributed by atoms with van der Waals surface area (Å²) in [4.78, 5) is 0. The summed E-state index contributed by atoms with van der Waals surface area (Å²) in [6.45, 7) is 3.42. The van der Waals surface area contributed by atoms with Crippen molar-refractivity contribution in [3.63, 3.8) is 0 Å². The smallest absolute Gasteiger partial charge is 0.127 e. The molecule has 1 atom stereocenters. The number of ether oxygens (including phenoxy) is 3. The van der Waals surface area contributed by atoms with Crippen molar-refractivity contribution in [1.29, 1.82) is 0 Å². The normalized spacial score (nSPS) is 11.9. The van der Waals surface area contributed by atoms with Crippen LogP contribution in [0.25, 0.3) is 10.8 Å². The van der Waals surface area contributed by atoms with Crippen LogP contribution in [-0.2, 0) is 0 Å². The Bertz CT molecular complexity index is 879. The molecule has 0 aliphatic heterocycles. The Morgan fingerprint density at radius 1 is 0.700 bits per heavy atom. The molecule has 0 amide bonds. The van der Waals surface area contributed by atoms with Crippen LogP contribution in [0.4, 0.5) is 0 Å². The minimum atomic E-state index is -0.438. The second-order valence-electron chi connectivity index (χ2n) is 7.43. The number of rotatable bonds is 13. The van der Waals surface area contributed by atoms with Crippen molar-refractivity contribution in [3.05, 3.63) is 66.7 Å². The number of aliphatic hydroxyl groups is 1. The molecule has 1 N–H and O–H groups in total.